The third-order valence-corrected chi connectivity index (χ3v) is 2.55. The number of nitro groups is 1. The molecule has 92 valence electrons. The lowest BCUT2D eigenvalue weighted by atomic mass is 10.2. The van der Waals surface area contributed by atoms with Crippen LogP contribution in [0.15, 0.2) is 28.8 Å². The van der Waals surface area contributed by atoms with Crippen LogP contribution < -0.4 is 0 Å². The van der Waals surface area contributed by atoms with E-state index in [-0.39, 0.29) is 17.1 Å². The highest BCUT2D eigenvalue weighted by molar-refractivity contribution is 6.30. The molecule has 5 nitrogen and oxygen atoms in total. The van der Waals surface area contributed by atoms with E-state index in [1.807, 2.05) is 6.07 Å². The number of benzene rings is 1. The highest BCUT2D eigenvalue weighted by atomic mass is 35.5. The molecule has 0 aliphatic heterocycles. The Morgan fingerprint density at radius 2 is 2.22 bits per heavy atom. The Kier molecular flexibility index (Phi) is 3.43. The van der Waals surface area contributed by atoms with Gasteiger partial charge in [0.25, 0.3) is 0 Å². The Labute approximate surface area is 108 Å². The molecule has 0 aliphatic rings. The predicted molar refractivity (Wildman–Crippen MR) is 68.3 cm³/mol. The number of hydrogen-bond acceptors (Lipinski definition) is 4. The Hall–Kier alpha value is -2.14. The average Bonchev–Trinajstić information content (AvgIpc) is 2.68. The maximum absolute atomic E-state index is 10.8. The second-order valence-corrected chi connectivity index (χ2v) is 4.06. The fourth-order valence-corrected chi connectivity index (χ4v) is 1.69. The first kappa shape index (κ1) is 12.3. The summed E-state index contributed by atoms with van der Waals surface area (Å²) >= 11 is 5.83. The molecule has 1 aromatic carbocycles. The Balaban J connectivity index is 2.32. The molecule has 0 unspecified atom stereocenters. The standard InChI is InChI=1S/C12H9ClN2O3/c1-8-12(15(16)17)11(18-14-8)6-5-9-3-2-4-10(13)7-9/h2-7H,1H3. The van der Waals surface area contributed by atoms with Gasteiger partial charge in [0.15, 0.2) is 5.69 Å². The van der Waals surface area contributed by atoms with E-state index in [0.717, 1.165) is 5.56 Å². The first-order chi connectivity index (χ1) is 8.58. The van der Waals surface area contributed by atoms with E-state index >= 15 is 0 Å². The topological polar surface area (TPSA) is 69.2 Å². The van der Waals surface area contributed by atoms with Crippen molar-refractivity contribution in [2.24, 2.45) is 0 Å². The molecule has 1 aromatic heterocycles. The number of nitrogens with zero attached hydrogens (tertiary/aromatic N) is 2. The van der Waals surface area contributed by atoms with E-state index in [1.54, 1.807) is 24.3 Å². The van der Waals surface area contributed by atoms with Gasteiger partial charge in [-0.05, 0) is 30.7 Å². The molecule has 0 amide bonds. The zero-order valence-corrected chi connectivity index (χ0v) is 10.2. The maximum Gasteiger partial charge on any atom is 0.338 e. The van der Waals surface area contributed by atoms with Gasteiger partial charge in [-0.1, -0.05) is 35.0 Å². The third kappa shape index (κ3) is 2.57. The Morgan fingerprint density at radius 3 is 2.89 bits per heavy atom. The molecule has 2 rings (SSSR count). The molecule has 2 aromatic rings. The minimum absolute atomic E-state index is 0.117. The van der Waals surface area contributed by atoms with Crippen molar-refractivity contribution in [3.63, 3.8) is 0 Å². The monoisotopic (exact) mass is 264 g/mol. The summed E-state index contributed by atoms with van der Waals surface area (Å²) in [5.41, 5.74) is 0.963. The number of hydrogen-bond donors (Lipinski definition) is 0. The molecule has 1 heterocycles. The van der Waals surface area contributed by atoms with Gasteiger partial charge in [-0.25, -0.2) is 0 Å². The van der Waals surface area contributed by atoms with Crippen LogP contribution in [0.2, 0.25) is 5.02 Å². The smallest absolute Gasteiger partial charge is 0.338 e. The van der Waals surface area contributed by atoms with Crippen LogP contribution in [-0.2, 0) is 0 Å². The van der Waals surface area contributed by atoms with E-state index < -0.39 is 4.92 Å². The molecule has 18 heavy (non-hydrogen) atoms. The summed E-state index contributed by atoms with van der Waals surface area (Å²) in [4.78, 5) is 10.3. The molecule has 0 saturated heterocycles. The third-order valence-electron chi connectivity index (χ3n) is 2.32. The van der Waals surface area contributed by atoms with E-state index in [9.17, 15) is 10.1 Å². The highest BCUT2D eigenvalue weighted by Crippen LogP contribution is 2.24. The number of aromatic nitrogens is 1. The van der Waals surface area contributed by atoms with Gasteiger partial charge >= 0.3 is 5.69 Å². The molecule has 0 atom stereocenters. The lowest BCUT2D eigenvalue weighted by molar-refractivity contribution is -0.386. The lowest BCUT2D eigenvalue weighted by Gasteiger charge is -1.93. The zero-order valence-electron chi connectivity index (χ0n) is 9.46. The quantitative estimate of drug-likeness (QED) is 0.626. The van der Waals surface area contributed by atoms with E-state index in [1.165, 1.54) is 13.0 Å². The van der Waals surface area contributed by atoms with E-state index in [0.29, 0.717) is 5.02 Å². The summed E-state index contributed by atoms with van der Waals surface area (Å²) in [7, 11) is 0. The fraction of sp³-hybridized carbons (Fsp3) is 0.0833. The predicted octanol–water partition coefficient (Wildman–Crippen LogP) is 3.72. The van der Waals surface area contributed by atoms with Crippen LogP contribution in [0.4, 0.5) is 5.69 Å². The van der Waals surface area contributed by atoms with Crippen molar-refractivity contribution in [1.29, 1.82) is 0 Å². The second-order valence-electron chi connectivity index (χ2n) is 3.63. The Bertz CT molecular complexity index is 620. The highest BCUT2D eigenvalue weighted by Gasteiger charge is 2.21. The van der Waals surface area contributed by atoms with Crippen LogP contribution in [-0.4, -0.2) is 10.1 Å². The molecule has 0 radical (unpaired) electrons. The van der Waals surface area contributed by atoms with Crippen molar-refractivity contribution in [2.45, 2.75) is 6.92 Å². The van der Waals surface area contributed by atoms with Crippen molar-refractivity contribution in [1.82, 2.24) is 5.16 Å². The molecule has 0 fully saturated rings. The molecule has 0 spiro atoms. The van der Waals surface area contributed by atoms with Gasteiger partial charge in [0, 0.05) is 5.02 Å². The minimum atomic E-state index is -0.510. The van der Waals surface area contributed by atoms with Crippen molar-refractivity contribution in [2.75, 3.05) is 0 Å². The summed E-state index contributed by atoms with van der Waals surface area (Å²) in [6, 6.07) is 7.12. The molecule has 0 bridgehead atoms. The Morgan fingerprint density at radius 1 is 1.44 bits per heavy atom. The number of halogens is 1. The van der Waals surface area contributed by atoms with Crippen molar-refractivity contribution >= 4 is 29.4 Å². The van der Waals surface area contributed by atoms with Gasteiger partial charge in [0.2, 0.25) is 5.76 Å². The van der Waals surface area contributed by atoms with E-state index in [4.69, 9.17) is 16.1 Å². The van der Waals surface area contributed by atoms with Crippen LogP contribution in [0.3, 0.4) is 0 Å². The van der Waals surface area contributed by atoms with Gasteiger partial charge in [-0.2, -0.15) is 0 Å². The van der Waals surface area contributed by atoms with Gasteiger partial charge in [-0.15, -0.1) is 0 Å². The molecular weight excluding hydrogens is 256 g/mol. The lowest BCUT2D eigenvalue weighted by Crippen LogP contribution is -1.90. The first-order valence-corrected chi connectivity index (χ1v) is 5.50. The second kappa shape index (κ2) is 5.01. The average molecular weight is 265 g/mol. The maximum atomic E-state index is 10.8. The molecule has 0 saturated carbocycles. The first-order valence-electron chi connectivity index (χ1n) is 5.12. The van der Waals surface area contributed by atoms with E-state index in [2.05, 4.69) is 5.16 Å². The van der Waals surface area contributed by atoms with Crippen molar-refractivity contribution < 1.29 is 9.45 Å². The fourth-order valence-electron chi connectivity index (χ4n) is 1.50. The summed E-state index contributed by atoms with van der Waals surface area (Å²) in [6.45, 7) is 1.53. The largest absolute Gasteiger partial charge is 0.349 e. The summed E-state index contributed by atoms with van der Waals surface area (Å²) in [5.74, 6) is 0.123. The van der Waals surface area contributed by atoms with Crippen molar-refractivity contribution in [3.8, 4) is 0 Å². The molecule has 0 aliphatic carbocycles. The SMILES string of the molecule is Cc1noc(C=Cc2cccc(Cl)c2)c1[N+](=O)[O-]. The van der Waals surface area contributed by atoms with Gasteiger partial charge in [0.1, 0.15) is 0 Å². The molecule has 6 heteroatoms. The van der Waals surface area contributed by atoms with Crippen molar-refractivity contribution in [3.05, 3.63) is 56.4 Å². The van der Waals surface area contributed by atoms with Crippen LogP contribution in [0.5, 0.6) is 0 Å². The number of aryl methyl sites for hydroxylation is 1. The number of rotatable bonds is 3. The summed E-state index contributed by atoms with van der Waals surface area (Å²) in [6.07, 6.45) is 3.18. The molecular formula is C12H9ClN2O3. The van der Waals surface area contributed by atoms with Gasteiger partial charge in [-0.3, -0.25) is 10.1 Å². The van der Waals surface area contributed by atoms with Crippen LogP contribution in [0.25, 0.3) is 12.2 Å². The zero-order chi connectivity index (χ0) is 13.1. The van der Waals surface area contributed by atoms with Crippen LogP contribution in [0, 0.1) is 17.0 Å². The summed E-state index contributed by atoms with van der Waals surface area (Å²) < 4.78 is 4.90. The van der Waals surface area contributed by atoms with Gasteiger partial charge in [0.05, 0.1) is 4.92 Å². The van der Waals surface area contributed by atoms with Crippen LogP contribution in [0.1, 0.15) is 17.0 Å². The van der Waals surface area contributed by atoms with Crippen LogP contribution >= 0.6 is 11.6 Å². The summed E-state index contributed by atoms with van der Waals surface area (Å²) in [5, 5.41) is 15.0. The molecule has 0 N–H and O–H groups in total. The minimum Gasteiger partial charge on any atom is -0.349 e. The van der Waals surface area contributed by atoms with Gasteiger partial charge < -0.3 is 4.52 Å². The normalized spacial score (nSPS) is 11.0.